The van der Waals surface area contributed by atoms with Crippen LogP contribution in [0.2, 0.25) is 0 Å². The van der Waals surface area contributed by atoms with Gasteiger partial charge in [-0.1, -0.05) is 37.5 Å². The summed E-state index contributed by atoms with van der Waals surface area (Å²) in [6.45, 7) is 6.04. The molecule has 29 heavy (non-hydrogen) atoms. The maximum atomic E-state index is 13.6. The van der Waals surface area contributed by atoms with Gasteiger partial charge in [-0.05, 0) is 49.3 Å². The summed E-state index contributed by atoms with van der Waals surface area (Å²) < 4.78 is 16.6. The highest BCUT2D eigenvalue weighted by molar-refractivity contribution is 6.26. The van der Waals surface area contributed by atoms with Crippen LogP contribution < -0.4 is 0 Å². The molecule has 2 unspecified atom stereocenters. The molecule has 5 nitrogen and oxygen atoms in total. The van der Waals surface area contributed by atoms with Crippen LogP contribution in [0.3, 0.4) is 0 Å². The van der Waals surface area contributed by atoms with E-state index in [0.29, 0.717) is 11.3 Å². The summed E-state index contributed by atoms with van der Waals surface area (Å²) in [5.74, 6) is 2.18. The summed E-state index contributed by atoms with van der Waals surface area (Å²) in [6, 6.07) is 4.23. The van der Waals surface area contributed by atoms with Gasteiger partial charge in [-0.25, -0.2) is 4.79 Å². The summed E-state index contributed by atoms with van der Waals surface area (Å²) in [6.07, 6.45) is 7.43. The first-order chi connectivity index (χ1) is 14.0. The number of terminal acetylenes is 1. The first kappa shape index (κ1) is 19.7. The number of ether oxygens (including phenoxy) is 3. The van der Waals surface area contributed by atoms with Crippen LogP contribution in [-0.4, -0.2) is 30.8 Å². The van der Waals surface area contributed by atoms with E-state index in [-0.39, 0.29) is 36.4 Å². The van der Waals surface area contributed by atoms with Crippen LogP contribution in [0.1, 0.15) is 48.9 Å². The number of ketones is 1. The molecular weight excluding hydrogens is 368 g/mol. The van der Waals surface area contributed by atoms with Gasteiger partial charge in [0.15, 0.2) is 12.4 Å². The topological polar surface area (TPSA) is 61.8 Å². The summed E-state index contributed by atoms with van der Waals surface area (Å²) in [5, 5.41) is 0. The lowest BCUT2D eigenvalue weighted by molar-refractivity contribution is -0.118. The predicted octanol–water partition coefficient (Wildman–Crippen LogP) is 3.99. The van der Waals surface area contributed by atoms with Gasteiger partial charge in [-0.3, -0.25) is 4.79 Å². The van der Waals surface area contributed by atoms with Crippen LogP contribution in [-0.2, 0) is 31.8 Å². The molecule has 4 rings (SSSR count). The Kier molecular flexibility index (Phi) is 5.23. The average molecular weight is 394 g/mol. The molecule has 0 saturated carbocycles. The maximum Gasteiger partial charge on any atom is 0.514 e. The van der Waals surface area contributed by atoms with Gasteiger partial charge in [-0.15, -0.1) is 6.42 Å². The highest BCUT2D eigenvalue weighted by atomic mass is 16.7. The Morgan fingerprint density at radius 3 is 2.38 bits per heavy atom. The van der Waals surface area contributed by atoms with Crippen molar-refractivity contribution in [2.75, 3.05) is 6.61 Å². The van der Waals surface area contributed by atoms with Crippen molar-refractivity contribution in [3.05, 3.63) is 40.1 Å². The monoisotopic (exact) mass is 394 g/mol. The van der Waals surface area contributed by atoms with Gasteiger partial charge in [0, 0.05) is 0 Å². The van der Waals surface area contributed by atoms with Gasteiger partial charge in [0.2, 0.25) is 0 Å². The molecule has 2 aliphatic heterocycles. The third-order valence-electron chi connectivity index (χ3n) is 6.30. The van der Waals surface area contributed by atoms with Gasteiger partial charge >= 0.3 is 6.16 Å². The number of hydrogen-bond donors (Lipinski definition) is 0. The molecule has 152 valence electrons. The Hall–Kier alpha value is -2.58. The second-order valence-electron chi connectivity index (χ2n) is 7.96. The van der Waals surface area contributed by atoms with Crippen LogP contribution in [0.15, 0.2) is 17.9 Å². The molecule has 0 radical (unpaired) electrons. The summed E-state index contributed by atoms with van der Waals surface area (Å²) in [7, 11) is 0. The Labute approximate surface area is 171 Å². The summed E-state index contributed by atoms with van der Waals surface area (Å²) in [5.41, 5.74) is 4.80. The Bertz CT molecular complexity index is 910. The lowest BCUT2D eigenvalue weighted by atomic mass is 9.80. The zero-order chi connectivity index (χ0) is 20.7. The fourth-order valence-electron chi connectivity index (χ4n) is 5.20. The van der Waals surface area contributed by atoms with E-state index in [1.807, 2.05) is 0 Å². The summed E-state index contributed by atoms with van der Waals surface area (Å²) in [4.78, 5) is 25.9. The highest BCUT2D eigenvalue weighted by Crippen LogP contribution is 2.55. The smallest absolute Gasteiger partial charge is 0.421 e. The van der Waals surface area contributed by atoms with Crippen molar-refractivity contribution < 1.29 is 23.8 Å². The number of rotatable bonds is 5. The molecule has 0 spiro atoms. The third-order valence-corrected chi connectivity index (χ3v) is 6.30. The molecule has 1 aromatic rings. The van der Waals surface area contributed by atoms with Crippen LogP contribution >= 0.6 is 0 Å². The van der Waals surface area contributed by atoms with E-state index in [9.17, 15) is 9.59 Å². The molecule has 4 atom stereocenters. The standard InChI is InChI=1S/C24H26O5/c1-5-10-27-24(26)29-23-20-17-9-8-16(28-17)19(20)22(25)21(23)18-14(6-2)11-13(4)12-15(18)7-3/h1,11-12,16-17,19-20H,6-10H2,2-4H3/t16?,17?,19-,20+/m0/s1. The van der Waals surface area contributed by atoms with Gasteiger partial charge in [0.25, 0.3) is 0 Å². The fraction of sp³-hybridized carbons (Fsp3) is 0.500. The van der Waals surface area contributed by atoms with Gasteiger partial charge in [0.1, 0.15) is 5.76 Å². The van der Waals surface area contributed by atoms with E-state index < -0.39 is 6.16 Å². The van der Waals surface area contributed by atoms with Crippen molar-refractivity contribution >= 4 is 17.5 Å². The Balaban J connectivity index is 1.86. The minimum Gasteiger partial charge on any atom is -0.421 e. The fourth-order valence-corrected chi connectivity index (χ4v) is 5.20. The van der Waals surface area contributed by atoms with Crippen molar-refractivity contribution in [3.8, 4) is 12.3 Å². The van der Waals surface area contributed by atoms with Gasteiger partial charge in [-0.2, -0.15) is 0 Å². The van der Waals surface area contributed by atoms with Crippen LogP contribution in [0, 0.1) is 31.1 Å². The highest BCUT2D eigenvalue weighted by Gasteiger charge is 2.60. The minimum atomic E-state index is -0.866. The lowest BCUT2D eigenvalue weighted by Gasteiger charge is -2.21. The molecule has 2 heterocycles. The van der Waals surface area contributed by atoms with E-state index in [1.54, 1.807) is 0 Å². The first-order valence-electron chi connectivity index (χ1n) is 10.3. The van der Waals surface area contributed by atoms with Crippen LogP contribution in [0.5, 0.6) is 0 Å². The second-order valence-corrected chi connectivity index (χ2v) is 7.96. The number of benzene rings is 1. The minimum absolute atomic E-state index is 0.0233. The molecule has 0 N–H and O–H groups in total. The maximum absolute atomic E-state index is 13.6. The van der Waals surface area contributed by atoms with Crippen molar-refractivity contribution in [3.63, 3.8) is 0 Å². The van der Waals surface area contributed by atoms with Crippen LogP contribution in [0.4, 0.5) is 4.79 Å². The van der Waals surface area contributed by atoms with Crippen molar-refractivity contribution in [2.24, 2.45) is 11.8 Å². The van der Waals surface area contributed by atoms with Crippen LogP contribution in [0.25, 0.3) is 5.57 Å². The van der Waals surface area contributed by atoms with E-state index in [0.717, 1.165) is 47.9 Å². The molecule has 5 heteroatoms. The van der Waals surface area contributed by atoms with Crippen molar-refractivity contribution in [1.29, 1.82) is 0 Å². The van der Waals surface area contributed by atoms with Gasteiger partial charge < -0.3 is 14.2 Å². The largest absolute Gasteiger partial charge is 0.514 e. The van der Waals surface area contributed by atoms with E-state index in [1.165, 1.54) is 0 Å². The number of Topliss-reactive ketones (excluding diaryl/α,β-unsaturated/α-hetero) is 1. The quantitative estimate of drug-likeness (QED) is 0.558. The first-order valence-corrected chi connectivity index (χ1v) is 10.3. The zero-order valence-corrected chi connectivity index (χ0v) is 17.1. The number of allylic oxidation sites excluding steroid dienone is 1. The molecular formula is C24H26O5. The number of aryl methyl sites for hydroxylation is 3. The Morgan fingerprint density at radius 1 is 1.17 bits per heavy atom. The normalized spacial score (nSPS) is 27.2. The average Bonchev–Trinajstić information content (AvgIpc) is 3.39. The second kappa shape index (κ2) is 7.68. The number of carbonyl (C=O) groups excluding carboxylic acids is 2. The van der Waals surface area contributed by atoms with Gasteiger partial charge in [0.05, 0.1) is 29.6 Å². The molecule has 3 aliphatic rings. The SMILES string of the molecule is C#CCOC(=O)OC1=C(c2c(CC)cc(C)cc2CC)C(=O)[C@H]2C3CCC(O3)[C@@H]12. The molecule has 2 bridgehead atoms. The molecule has 2 fully saturated rings. The predicted molar refractivity (Wildman–Crippen MR) is 108 cm³/mol. The third kappa shape index (κ3) is 3.16. The number of hydrogen-bond acceptors (Lipinski definition) is 5. The molecule has 0 amide bonds. The lowest BCUT2D eigenvalue weighted by Crippen LogP contribution is -2.30. The Morgan fingerprint density at radius 2 is 1.79 bits per heavy atom. The molecule has 1 aromatic carbocycles. The van der Waals surface area contributed by atoms with E-state index >= 15 is 0 Å². The molecule has 2 saturated heterocycles. The number of fused-ring (bicyclic) bond motifs is 5. The molecule has 1 aliphatic carbocycles. The van der Waals surface area contributed by atoms with Crippen molar-refractivity contribution in [1.82, 2.24) is 0 Å². The van der Waals surface area contributed by atoms with Crippen molar-refractivity contribution in [2.45, 2.75) is 58.7 Å². The number of carbonyl (C=O) groups is 2. The molecule has 0 aromatic heterocycles. The summed E-state index contributed by atoms with van der Waals surface area (Å²) >= 11 is 0. The van der Waals surface area contributed by atoms with E-state index in [2.05, 4.69) is 38.8 Å². The zero-order valence-electron chi connectivity index (χ0n) is 17.1. The van der Waals surface area contributed by atoms with E-state index in [4.69, 9.17) is 20.6 Å².